The largest absolute Gasteiger partial charge is 0.416 e. The third-order valence-corrected chi connectivity index (χ3v) is 5.62. The molecule has 3 rings (SSSR count). The maximum atomic E-state index is 13.4. The highest BCUT2D eigenvalue weighted by molar-refractivity contribution is 6.11. The molecule has 2 amide bonds. The first-order valence-electron chi connectivity index (χ1n) is 10.2. The van der Waals surface area contributed by atoms with Gasteiger partial charge >= 0.3 is 18.4 Å². The number of nitrogens with one attached hydrogen (secondary N) is 1. The number of amidine groups is 1. The molecule has 11 heteroatoms. The summed E-state index contributed by atoms with van der Waals surface area (Å²) in [5, 5.41) is 2.89. The van der Waals surface area contributed by atoms with Gasteiger partial charge in [-0.1, -0.05) is 18.1 Å². The van der Waals surface area contributed by atoms with E-state index in [2.05, 4.69) is 16.2 Å². The number of urea groups is 1. The lowest BCUT2D eigenvalue weighted by molar-refractivity contribution is -0.143. The van der Waals surface area contributed by atoms with Crippen LogP contribution in [0, 0.1) is 18.3 Å². The number of nitrogens with zero attached hydrogens (tertiary/aromatic N) is 3. The Balaban J connectivity index is 1.69. The van der Waals surface area contributed by atoms with Crippen LogP contribution in [0.5, 0.6) is 0 Å². The minimum atomic E-state index is -4.89. The summed E-state index contributed by atoms with van der Waals surface area (Å²) in [6.07, 6.45) is -1.40. The maximum absolute atomic E-state index is 13.4. The van der Waals surface area contributed by atoms with Crippen molar-refractivity contribution in [3.63, 3.8) is 0 Å². The van der Waals surface area contributed by atoms with E-state index in [4.69, 9.17) is 6.42 Å². The molecule has 1 aromatic carbocycles. The van der Waals surface area contributed by atoms with Crippen LogP contribution >= 0.6 is 0 Å². The van der Waals surface area contributed by atoms with Crippen LogP contribution in [0.15, 0.2) is 35.0 Å². The predicted molar refractivity (Wildman–Crippen MR) is 110 cm³/mol. The van der Waals surface area contributed by atoms with Crippen molar-refractivity contribution in [2.75, 3.05) is 26.7 Å². The molecule has 0 saturated carbocycles. The van der Waals surface area contributed by atoms with Crippen molar-refractivity contribution in [2.24, 2.45) is 10.9 Å². The zero-order valence-electron chi connectivity index (χ0n) is 17.7. The van der Waals surface area contributed by atoms with Crippen LogP contribution in [0.4, 0.5) is 31.1 Å². The van der Waals surface area contributed by atoms with Crippen LogP contribution in [-0.4, -0.2) is 48.3 Å². The van der Waals surface area contributed by atoms with Crippen molar-refractivity contribution in [3.05, 3.63) is 46.7 Å². The second-order valence-electron chi connectivity index (χ2n) is 7.89. The van der Waals surface area contributed by atoms with Crippen LogP contribution in [0.25, 0.3) is 0 Å². The molecule has 178 valence electrons. The summed E-state index contributed by atoms with van der Waals surface area (Å²) in [5.41, 5.74) is -2.19. The molecule has 1 saturated heterocycles. The number of likely N-dealkylation sites (N-methyl/N-ethyl adjacent to an activating group) is 1. The van der Waals surface area contributed by atoms with Gasteiger partial charge < -0.3 is 5.32 Å². The highest BCUT2D eigenvalue weighted by Crippen LogP contribution is 2.38. The number of rotatable bonds is 4. The molecule has 0 aromatic heterocycles. The van der Waals surface area contributed by atoms with Crippen LogP contribution < -0.4 is 5.32 Å². The SMILES string of the molecule is C#CCNC1=NC(=O)N(C)/C1=C\C1CCN(Cc2ccc(C(F)(F)F)cc2C(F)(F)F)CC1. The summed E-state index contributed by atoms with van der Waals surface area (Å²) in [6, 6.07) is 1.32. The average molecular weight is 472 g/mol. The van der Waals surface area contributed by atoms with E-state index in [1.54, 1.807) is 11.9 Å². The quantitative estimate of drug-likeness (QED) is 0.519. The van der Waals surface area contributed by atoms with E-state index in [0.29, 0.717) is 43.5 Å². The summed E-state index contributed by atoms with van der Waals surface area (Å²) >= 11 is 0. The predicted octanol–water partition coefficient (Wildman–Crippen LogP) is 4.51. The highest BCUT2D eigenvalue weighted by Gasteiger charge is 2.38. The number of likely N-dealkylation sites (tertiary alicyclic amines) is 1. The molecule has 33 heavy (non-hydrogen) atoms. The van der Waals surface area contributed by atoms with Crippen LogP contribution in [0.3, 0.4) is 0 Å². The van der Waals surface area contributed by atoms with Gasteiger partial charge in [0.15, 0.2) is 5.84 Å². The highest BCUT2D eigenvalue weighted by atomic mass is 19.4. The van der Waals surface area contributed by atoms with Gasteiger partial charge in [-0.05, 0) is 49.5 Å². The molecule has 0 atom stereocenters. The summed E-state index contributed by atoms with van der Waals surface area (Å²) in [6.45, 7) is 0.999. The van der Waals surface area contributed by atoms with E-state index in [1.807, 2.05) is 6.08 Å². The topological polar surface area (TPSA) is 47.9 Å². The third-order valence-electron chi connectivity index (χ3n) is 5.62. The van der Waals surface area contributed by atoms with Gasteiger partial charge in [0.2, 0.25) is 0 Å². The number of halogens is 6. The number of hydrogen-bond donors (Lipinski definition) is 1. The zero-order chi connectivity index (χ0) is 24.4. The second-order valence-corrected chi connectivity index (χ2v) is 7.89. The number of carbonyl (C=O) groups is 1. The lowest BCUT2D eigenvalue weighted by Gasteiger charge is -2.32. The minimum absolute atomic E-state index is 0.0529. The molecular weight excluding hydrogens is 450 g/mol. The Bertz CT molecular complexity index is 998. The number of allylic oxidation sites excluding steroid dienone is 1. The van der Waals surface area contributed by atoms with Crippen LogP contribution in [0.1, 0.15) is 29.5 Å². The maximum Gasteiger partial charge on any atom is 0.416 e. The van der Waals surface area contributed by atoms with Gasteiger partial charge in [-0.2, -0.15) is 31.3 Å². The van der Waals surface area contributed by atoms with Gasteiger partial charge in [-0.15, -0.1) is 6.42 Å². The van der Waals surface area contributed by atoms with Gasteiger partial charge in [0, 0.05) is 13.6 Å². The summed E-state index contributed by atoms with van der Waals surface area (Å²) < 4.78 is 78.8. The molecule has 0 unspecified atom stereocenters. The van der Waals surface area contributed by atoms with E-state index < -0.39 is 29.5 Å². The molecule has 1 fully saturated rings. The molecular formula is C22H22F6N4O. The molecule has 1 N–H and O–H groups in total. The van der Waals surface area contributed by atoms with Gasteiger partial charge in [0.05, 0.1) is 23.4 Å². The smallest absolute Gasteiger partial charge is 0.357 e. The normalized spacial score (nSPS) is 19.7. The van der Waals surface area contributed by atoms with Crippen molar-refractivity contribution >= 4 is 11.9 Å². The first-order valence-corrected chi connectivity index (χ1v) is 10.2. The average Bonchev–Trinajstić information content (AvgIpc) is 3.00. The number of amides is 2. The summed E-state index contributed by atoms with van der Waals surface area (Å²) in [7, 11) is 1.58. The first kappa shape index (κ1) is 24.6. The molecule has 2 heterocycles. The van der Waals surface area contributed by atoms with Crippen molar-refractivity contribution in [1.29, 1.82) is 0 Å². The summed E-state index contributed by atoms with van der Waals surface area (Å²) in [5.74, 6) is 2.84. The van der Waals surface area contributed by atoms with Crippen LogP contribution in [-0.2, 0) is 18.9 Å². The minimum Gasteiger partial charge on any atom is -0.357 e. The van der Waals surface area contributed by atoms with Crippen LogP contribution in [0.2, 0.25) is 0 Å². The molecule has 0 aliphatic carbocycles. The number of benzene rings is 1. The molecule has 2 aliphatic rings. The molecule has 0 bridgehead atoms. The van der Waals surface area contributed by atoms with E-state index in [1.165, 1.54) is 4.90 Å². The lowest BCUT2D eigenvalue weighted by atomic mass is 9.94. The second kappa shape index (κ2) is 9.47. The van der Waals surface area contributed by atoms with E-state index in [-0.39, 0.29) is 30.6 Å². The van der Waals surface area contributed by atoms with E-state index in [9.17, 15) is 31.1 Å². The first-order chi connectivity index (χ1) is 15.4. The Hall–Kier alpha value is -3.00. The molecule has 1 aromatic rings. The third kappa shape index (κ3) is 5.87. The van der Waals surface area contributed by atoms with Crippen molar-refractivity contribution in [3.8, 4) is 12.3 Å². The molecule has 5 nitrogen and oxygen atoms in total. The fourth-order valence-electron chi connectivity index (χ4n) is 3.84. The van der Waals surface area contributed by atoms with Gasteiger partial charge in [0.25, 0.3) is 0 Å². The Labute approximate surface area is 187 Å². The molecule has 2 aliphatic heterocycles. The Kier molecular flexibility index (Phi) is 7.07. The number of alkyl halides is 6. The van der Waals surface area contributed by atoms with Crippen molar-refractivity contribution < 1.29 is 31.1 Å². The number of carbonyl (C=O) groups excluding carboxylic acids is 1. The Morgan fingerprint density at radius 1 is 1.18 bits per heavy atom. The van der Waals surface area contributed by atoms with Crippen molar-refractivity contribution in [1.82, 2.24) is 15.1 Å². The van der Waals surface area contributed by atoms with E-state index >= 15 is 0 Å². The Morgan fingerprint density at radius 2 is 1.85 bits per heavy atom. The fourth-order valence-corrected chi connectivity index (χ4v) is 3.84. The van der Waals surface area contributed by atoms with Gasteiger partial charge in [-0.25, -0.2) is 4.79 Å². The Morgan fingerprint density at radius 3 is 2.42 bits per heavy atom. The van der Waals surface area contributed by atoms with Gasteiger partial charge in [-0.3, -0.25) is 9.80 Å². The fraction of sp³-hybridized carbons (Fsp3) is 0.455. The van der Waals surface area contributed by atoms with E-state index in [0.717, 1.165) is 6.07 Å². The number of hydrogen-bond acceptors (Lipinski definition) is 3. The van der Waals surface area contributed by atoms with Gasteiger partial charge in [0.1, 0.15) is 0 Å². The summed E-state index contributed by atoms with van der Waals surface area (Å²) in [4.78, 5) is 19.0. The zero-order valence-corrected chi connectivity index (χ0v) is 17.7. The monoisotopic (exact) mass is 472 g/mol. The van der Waals surface area contributed by atoms with Crippen molar-refractivity contribution in [2.45, 2.75) is 31.7 Å². The lowest BCUT2D eigenvalue weighted by Crippen LogP contribution is -2.34. The number of piperidine rings is 1. The number of aliphatic imine (C=N–C) groups is 1. The molecule has 0 spiro atoms. The number of terminal acetylenes is 1. The standard InChI is InChI=1S/C22H22F6N4O/c1-3-8-29-19-18(31(2)20(33)30-19)11-14-6-9-32(10-7-14)13-15-4-5-16(21(23,24)25)12-17(15)22(26,27)28/h1,4-5,11-12,14H,6-10,13H2,2H3,(H,29,30,33)/b18-11-. The molecule has 0 radical (unpaired) electrons.